The number of benzene rings is 2. The fourth-order valence-electron chi connectivity index (χ4n) is 2.30. The quantitative estimate of drug-likeness (QED) is 0.701. The Labute approximate surface area is 158 Å². The minimum atomic E-state index is -3.66. The highest BCUT2D eigenvalue weighted by Crippen LogP contribution is 2.14. The molecule has 0 saturated carbocycles. The standard InChI is InChI=1S/C19H22N2O5S/c1-19(2,3)21-27(25,26)16-10-8-14(9-11-16)17(22)20-12-13-4-6-15(7-5-13)18(23)24/h4-11,21H,12H2,1-3H3,(H,20,22)(H,23,24). The molecule has 2 aromatic rings. The van der Waals surface area contributed by atoms with E-state index in [-0.39, 0.29) is 22.9 Å². The highest BCUT2D eigenvalue weighted by Gasteiger charge is 2.22. The van der Waals surface area contributed by atoms with E-state index in [1.807, 2.05) is 0 Å². The summed E-state index contributed by atoms with van der Waals surface area (Å²) in [5.74, 6) is -1.37. The first-order valence-corrected chi connectivity index (χ1v) is 9.71. The molecule has 2 aromatic carbocycles. The van der Waals surface area contributed by atoms with Gasteiger partial charge in [-0.1, -0.05) is 12.1 Å². The van der Waals surface area contributed by atoms with Crippen LogP contribution in [0.4, 0.5) is 0 Å². The van der Waals surface area contributed by atoms with Crippen LogP contribution in [0.2, 0.25) is 0 Å². The molecule has 0 bridgehead atoms. The van der Waals surface area contributed by atoms with Gasteiger partial charge in [0.05, 0.1) is 10.5 Å². The van der Waals surface area contributed by atoms with Gasteiger partial charge in [0.2, 0.25) is 10.0 Å². The Morgan fingerprint density at radius 3 is 1.93 bits per heavy atom. The minimum absolute atomic E-state index is 0.0817. The molecule has 144 valence electrons. The maximum atomic E-state index is 12.3. The van der Waals surface area contributed by atoms with Crippen molar-refractivity contribution in [3.63, 3.8) is 0 Å². The topological polar surface area (TPSA) is 113 Å². The van der Waals surface area contributed by atoms with Gasteiger partial charge in [-0.2, -0.15) is 0 Å². The Kier molecular flexibility index (Phi) is 6.02. The van der Waals surface area contributed by atoms with E-state index in [1.54, 1.807) is 32.9 Å². The number of carboxylic acid groups (broad SMARTS) is 1. The summed E-state index contributed by atoms with van der Waals surface area (Å²) in [4.78, 5) is 23.1. The molecule has 0 fully saturated rings. The number of rotatable bonds is 6. The maximum absolute atomic E-state index is 12.3. The zero-order chi connectivity index (χ0) is 20.2. The van der Waals surface area contributed by atoms with E-state index in [0.29, 0.717) is 5.56 Å². The lowest BCUT2D eigenvalue weighted by atomic mass is 10.1. The van der Waals surface area contributed by atoms with Crippen LogP contribution in [0.25, 0.3) is 0 Å². The normalized spacial score (nSPS) is 11.8. The number of amides is 1. The van der Waals surface area contributed by atoms with E-state index in [2.05, 4.69) is 10.0 Å². The predicted molar refractivity (Wildman–Crippen MR) is 101 cm³/mol. The van der Waals surface area contributed by atoms with Crippen molar-refractivity contribution in [1.29, 1.82) is 0 Å². The summed E-state index contributed by atoms with van der Waals surface area (Å²) in [5.41, 5.74) is 0.643. The molecule has 2 rings (SSSR count). The zero-order valence-corrected chi connectivity index (χ0v) is 16.1. The Bertz CT molecular complexity index is 928. The first-order valence-electron chi connectivity index (χ1n) is 8.22. The Balaban J connectivity index is 2.02. The molecule has 7 nitrogen and oxygen atoms in total. The van der Waals surface area contributed by atoms with Gasteiger partial charge < -0.3 is 10.4 Å². The van der Waals surface area contributed by atoms with Crippen LogP contribution in [0.5, 0.6) is 0 Å². The second-order valence-corrected chi connectivity index (χ2v) is 8.75. The summed E-state index contributed by atoms with van der Waals surface area (Å²) >= 11 is 0. The lowest BCUT2D eigenvalue weighted by Crippen LogP contribution is -2.40. The predicted octanol–water partition coefficient (Wildman–Crippen LogP) is 2.39. The van der Waals surface area contributed by atoms with E-state index < -0.39 is 21.5 Å². The van der Waals surface area contributed by atoms with Crippen molar-refractivity contribution >= 4 is 21.9 Å². The highest BCUT2D eigenvalue weighted by atomic mass is 32.2. The molecule has 0 spiro atoms. The summed E-state index contributed by atoms with van der Waals surface area (Å²) in [7, 11) is -3.66. The smallest absolute Gasteiger partial charge is 0.335 e. The molecule has 0 aliphatic carbocycles. The van der Waals surface area contributed by atoms with Crippen LogP contribution < -0.4 is 10.0 Å². The van der Waals surface area contributed by atoms with Gasteiger partial charge in [0.15, 0.2) is 0 Å². The van der Waals surface area contributed by atoms with Crippen molar-refractivity contribution in [3.8, 4) is 0 Å². The first kappa shape index (κ1) is 20.6. The van der Waals surface area contributed by atoms with Crippen molar-refractivity contribution in [2.45, 2.75) is 37.8 Å². The average molecular weight is 390 g/mol. The van der Waals surface area contributed by atoms with Crippen LogP contribution >= 0.6 is 0 Å². The zero-order valence-electron chi connectivity index (χ0n) is 15.3. The molecule has 0 radical (unpaired) electrons. The van der Waals surface area contributed by atoms with Crippen LogP contribution in [0, 0.1) is 0 Å². The SMILES string of the molecule is CC(C)(C)NS(=O)(=O)c1ccc(C(=O)NCc2ccc(C(=O)O)cc2)cc1. The number of hydrogen-bond donors (Lipinski definition) is 3. The van der Waals surface area contributed by atoms with Gasteiger partial charge >= 0.3 is 5.97 Å². The third kappa shape index (κ3) is 5.90. The van der Waals surface area contributed by atoms with Crippen LogP contribution in [0.3, 0.4) is 0 Å². The fraction of sp³-hybridized carbons (Fsp3) is 0.263. The largest absolute Gasteiger partial charge is 0.478 e. The monoisotopic (exact) mass is 390 g/mol. The van der Waals surface area contributed by atoms with Crippen LogP contribution in [0.15, 0.2) is 53.4 Å². The summed E-state index contributed by atoms with van der Waals surface area (Å²) < 4.78 is 27.1. The van der Waals surface area contributed by atoms with Gasteiger partial charge in [0, 0.05) is 17.6 Å². The molecule has 0 saturated heterocycles. The Hall–Kier alpha value is -2.71. The molecule has 27 heavy (non-hydrogen) atoms. The second-order valence-electron chi connectivity index (χ2n) is 7.06. The van der Waals surface area contributed by atoms with E-state index >= 15 is 0 Å². The molecule has 0 unspecified atom stereocenters. The second kappa shape index (κ2) is 7.89. The van der Waals surface area contributed by atoms with Crippen LogP contribution in [-0.4, -0.2) is 30.9 Å². The lowest BCUT2D eigenvalue weighted by Gasteiger charge is -2.20. The van der Waals surface area contributed by atoms with Crippen molar-refractivity contribution < 1.29 is 23.1 Å². The van der Waals surface area contributed by atoms with E-state index in [9.17, 15) is 18.0 Å². The molecule has 3 N–H and O–H groups in total. The number of carboxylic acids is 1. The summed E-state index contributed by atoms with van der Waals surface area (Å²) in [6.07, 6.45) is 0. The number of hydrogen-bond acceptors (Lipinski definition) is 4. The number of carbonyl (C=O) groups excluding carboxylic acids is 1. The van der Waals surface area contributed by atoms with Crippen LogP contribution in [-0.2, 0) is 16.6 Å². The molecule has 1 amide bonds. The number of aromatic carboxylic acids is 1. The fourth-order valence-corrected chi connectivity index (χ4v) is 3.72. The summed E-state index contributed by atoms with van der Waals surface area (Å²) in [5, 5.41) is 11.6. The molecule has 0 aliphatic heterocycles. The number of carbonyl (C=O) groups is 2. The number of sulfonamides is 1. The molecular weight excluding hydrogens is 368 g/mol. The van der Waals surface area contributed by atoms with Crippen molar-refractivity contribution in [2.24, 2.45) is 0 Å². The van der Waals surface area contributed by atoms with Crippen molar-refractivity contribution in [3.05, 3.63) is 65.2 Å². The van der Waals surface area contributed by atoms with Gasteiger partial charge in [0.25, 0.3) is 5.91 Å². The third-order valence-corrected chi connectivity index (χ3v) is 5.30. The average Bonchev–Trinajstić information content (AvgIpc) is 2.58. The van der Waals surface area contributed by atoms with Crippen molar-refractivity contribution in [2.75, 3.05) is 0 Å². The number of nitrogens with one attached hydrogen (secondary N) is 2. The van der Waals surface area contributed by atoms with Gasteiger partial charge in [-0.15, -0.1) is 0 Å². The summed E-state index contributed by atoms with van der Waals surface area (Å²) in [6.45, 7) is 5.46. The molecule has 0 aromatic heterocycles. The van der Waals surface area contributed by atoms with Gasteiger partial charge in [-0.05, 0) is 62.7 Å². The third-order valence-electron chi connectivity index (χ3n) is 3.52. The molecule has 0 aliphatic rings. The van der Waals surface area contributed by atoms with E-state index in [0.717, 1.165) is 5.56 Å². The molecular formula is C19H22N2O5S. The van der Waals surface area contributed by atoms with Crippen molar-refractivity contribution in [1.82, 2.24) is 10.0 Å². The minimum Gasteiger partial charge on any atom is -0.478 e. The first-order chi connectivity index (χ1) is 12.5. The van der Waals surface area contributed by atoms with E-state index in [1.165, 1.54) is 36.4 Å². The highest BCUT2D eigenvalue weighted by molar-refractivity contribution is 7.89. The van der Waals surface area contributed by atoms with Gasteiger partial charge in [0.1, 0.15) is 0 Å². The molecule has 0 heterocycles. The van der Waals surface area contributed by atoms with Crippen LogP contribution in [0.1, 0.15) is 47.1 Å². The summed E-state index contributed by atoms with van der Waals surface area (Å²) in [6, 6.07) is 11.8. The van der Waals surface area contributed by atoms with Gasteiger partial charge in [-0.3, -0.25) is 4.79 Å². The molecule has 8 heteroatoms. The maximum Gasteiger partial charge on any atom is 0.335 e. The lowest BCUT2D eigenvalue weighted by molar-refractivity contribution is 0.0696. The Morgan fingerprint density at radius 1 is 0.926 bits per heavy atom. The van der Waals surface area contributed by atoms with Gasteiger partial charge in [-0.25, -0.2) is 17.9 Å². The van der Waals surface area contributed by atoms with E-state index in [4.69, 9.17) is 5.11 Å². The molecule has 0 atom stereocenters. The Morgan fingerprint density at radius 2 is 1.44 bits per heavy atom.